The van der Waals surface area contributed by atoms with Crippen LogP contribution in [0.2, 0.25) is 0 Å². The Kier molecular flexibility index (Phi) is 5.18. The molecule has 1 unspecified atom stereocenters. The molecule has 0 radical (unpaired) electrons. The molecule has 3 rings (SSSR count). The van der Waals surface area contributed by atoms with Gasteiger partial charge in [-0.1, -0.05) is 12.1 Å². The summed E-state index contributed by atoms with van der Waals surface area (Å²) in [7, 11) is 0. The predicted molar refractivity (Wildman–Crippen MR) is 92.1 cm³/mol. The molecule has 1 aromatic rings. The topological polar surface area (TPSA) is 68.1 Å². The minimum atomic E-state index is -0.398. The van der Waals surface area contributed by atoms with Crippen molar-refractivity contribution >= 4 is 23.5 Å². The van der Waals surface area contributed by atoms with Crippen molar-refractivity contribution < 1.29 is 24.0 Å². The maximum Gasteiger partial charge on any atom is 0.314 e. The second-order valence-electron chi connectivity index (χ2n) is 6.87. The fourth-order valence-electron chi connectivity index (χ4n) is 3.86. The van der Waals surface area contributed by atoms with Crippen molar-refractivity contribution in [3.63, 3.8) is 0 Å². The first kappa shape index (κ1) is 17.6. The Balaban J connectivity index is 1.74. The molecule has 3 atom stereocenters. The molecule has 1 N–H and O–H groups in total. The lowest BCUT2D eigenvalue weighted by atomic mass is 9.96. The Morgan fingerprint density at radius 2 is 2.16 bits per heavy atom. The Labute approximate surface area is 147 Å². The summed E-state index contributed by atoms with van der Waals surface area (Å²) >= 11 is 0. The number of quaternary nitrogens is 1. The van der Waals surface area contributed by atoms with Crippen molar-refractivity contribution in [2.45, 2.75) is 39.2 Å². The van der Waals surface area contributed by atoms with Gasteiger partial charge in [-0.3, -0.25) is 14.4 Å². The van der Waals surface area contributed by atoms with Crippen molar-refractivity contribution in [1.82, 2.24) is 0 Å². The first-order chi connectivity index (χ1) is 12.0. The van der Waals surface area contributed by atoms with Crippen LogP contribution in [0.4, 0.5) is 5.69 Å². The van der Waals surface area contributed by atoms with Crippen molar-refractivity contribution in [1.29, 1.82) is 0 Å². The SMILES string of the molecule is CCOC(=O)[C@@H]1CCC[NH+]([C@@H]2CC(=O)N(c3cccc(C)c3)C2=O)C1. The summed E-state index contributed by atoms with van der Waals surface area (Å²) in [6, 6.07) is 7.03. The fraction of sp³-hybridized carbons (Fsp3) is 0.526. The fourth-order valence-corrected chi connectivity index (χ4v) is 3.86. The largest absolute Gasteiger partial charge is 0.466 e. The highest BCUT2D eigenvalue weighted by Gasteiger charge is 2.47. The average molecular weight is 345 g/mol. The summed E-state index contributed by atoms with van der Waals surface area (Å²) in [5.41, 5.74) is 1.64. The van der Waals surface area contributed by atoms with E-state index in [0.29, 0.717) is 18.8 Å². The van der Waals surface area contributed by atoms with Gasteiger partial charge in [0.1, 0.15) is 5.92 Å². The number of likely N-dealkylation sites (tertiary alicyclic amines) is 1. The number of esters is 1. The number of ether oxygens (including phenoxy) is 1. The summed E-state index contributed by atoms with van der Waals surface area (Å²) in [5, 5.41) is 0. The summed E-state index contributed by atoms with van der Waals surface area (Å²) in [4.78, 5) is 39.7. The van der Waals surface area contributed by atoms with E-state index in [4.69, 9.17) is 4.74 Å². The summed E-state index contributed by atoms with van der Waals surface area (Å²) in [6.07, 6.45) is 1.86. The van der Waals surface area contributed by atoms with Crippen molar-refractivity contribution in [3.8, 4) is 0 Å². The van der Waals surface area contributed by atoms with E-state index in [-0.39, 0.29) is 30.1 Å². The molecule has 0 spiro atoms. The van der Waals surface area contributed by atoms with Crippen LogP contribution < -0.4 is 9.80 Å². The van der Waals surface area contributed by atoms with E-state index in [0.717, 1.165) is 29.8 Å². The third kappa shape index (κ3) is 3.58. The van der Waals surface area contributed by atoms with E-state index in [1.54, 1.807) is 13.0 Å². The van der Waals surface area contributed by atoms with Gasteiger partial charge in [0.25, 0.3) is 5.91 Å². The van der Waals surface area contributed by atoms with Crippen molar-refractivity contribution in [3.05, 3.63) is 29.8 Å². The van der Waals surface area contributed by atoms with Crippen LogP contribution in [0.3, 0.4) is 0 Å². The van der Waals surface area contributed by atoms with E-state index in [2.05, 4.69) is 0 Å². The molecular formula is C19H25N2O4+. The third-order valence-electron chi connectivity index (χ3n) is 5.08. The molecule has 2 saturated heterocycles. The zero-order valence-corrected chi connectivity index (χ0v) is 14.8. The van der Waals surface area contributed by atoms with E-state index < -0.39 is 6.04 Å². The highest BCUT2D eigenvalue weighted by molar-refractivity contribution is 6.21. The van der Waals surface area contributed by atoms with Crippen molar-refractivity contribution in [2.24, 2.45) is 5.92 Å². The maximum absolute atomic E-state index is 12.9. The van der Waals surface area contributed by atoms with E-state index in [1.807, 2.05) is 25.1 Å². The number of piperidine rings is 1. The molecule has 2 fully saturated rings. The number of aryl methyl sites for hydroxylation is 1. The second-order valence-corrected chi connectivity index (χ2v) is 6.87. The van der Waals surface area contributed by atoms with Gasteiger partial charge in [-0.2, -0.15) is 0 Å². The Hall–Kier alpha value is -2.21. The third-order valence-corrected chi connectivity index (χ3v) is 5.08. The Bertz CT molecular complexity index is 688. The molecule has 2 aliphatic heterocycles. The molecule has 25 heavy (non-hydrogen) atoms. The van der Waals surface area contributed by atoms with E-state index >= 15 is 0 Å². The number of nitrogens with zero attached hydrogens (tertiary/aromatic N) is 1. The molecular weight excluding hydrogens is 320 g/mol. The number of carbonyl (C=O) groups is 3. The molecule has 0 aliphatic carbocycles. The van der Waals surface area contributed by atoms with Gasteiger partial charge in [0.05, 0.1) is 31.8 Å². The first-order valence-corrected chi connectivity index (χ1v) is 8.96. The minimum absolute atomic E-state index is 0.157. The lowest BCUT2D eigenvalue weighted by Crippen LogP contribution is -3.18. The normalized spacial score (nSPS) is 26.8. The second kappa shape index (κ2) is 7.35. The number of hydrogen-bond donors (Lipinski definition) is 1. The van der Waals surface area contributed by atoms with Gasteiger partial charge in [0.15, 0.2) is 6.04 Å². The monoisotopic (exact) mass is 345 g/mol. The van der Waals surface area contributed by atoms with Gasteiger partial charge in [-0.05, 0) is 44.4 Å². The van der Waals surface area contributed by atoms with Crippen LogP contribution in [0.5, 0.6) is 0 Å². The van der Waals surface area contributed by atoms with E-state index in [1.165, 1.54) is 4.90 Å². The van der Waals surface area contributed by atoms with Gasteiger partial charge in [0, 0.05) is 0 Å². The van der Waals surface area contributed by atoms with Crippen molar-refractivity contribution in [2.75, 3.05) is 24.6 Å². The number of imide groups is 1. The molecule has 0 bridgehead atoms. The first-order valence-electron chi connectivity index (χ1n) is 8.96. The van der Waals surface area contributed by atoms with Crippen LogP contribution in [-0.2, 0) is 19.1 Å². The standard InChI is InChI=1S/C19H24N2O4/c1-3-25-19(24)14-7-5-9-20(12-14)16-11-17(22)21(18(16)23)15-8-4-6-13(2)10-15/h4,6,8,10,14,16H,3,5,7,9,11-12H2,1-2H3/p+1/t14-,16-/m1/s1. The molecule has 6 nitrogen and oxygen atoms in total. The Morgan fingerprint density at radius 1 is 1.36 bits per heavy atom. The molecule has 2 amide bonds. The molecule has 1 aromatic carbocycles. The highest BCUT2D eigenvalue weighted by Crippen LogP contribution is 2.23. The number of hydrogen-bond acceptors (Lipinski definition) is 4. The molecule has 2 aliphatic rings. The number of amides is 2. The van der Waals surface area contributed by atoms with Gasteiger partial charge in [0.2, 0.25) is 5.91 Å². The van der Waals surface area contributed by atoms with Crippen LogP contribution >= 0.6 is 0 Å². The van der Waals surface area contributed by atoms with Gasteiger partial charge >= 0.3 is 5.97 Å². The summed E-state index contributed by atoms with van der Waals surface area (Å²) < 4.78 is 5.13. The summed E-state index contributed by atoms with van der Waals surface area (Å²) in [5.74, 6) is -0.687. The number of anilines is 1. The summed E-state index contributed by atoms with van der Waals surface area (Å²) in [6.45, 7) is 5.47. The number of carbonyl (C=O) groups excluding carboxylic acids is 3. The Morgan fingerprint density at radius 3 is 2.88 bits per heavy atom. The average Bonchev–Trinajstić information content (AvgIpc) is 2.90. The van der Waals surface area contributed by atoms with Crippen LogP contribution in [0.25, 0.3) is 0 Å². The number of nitrogens with one attached hydrogen (secondary N) is 1. The van der Waals surface area contributed by atoms with Gasteiger partial charge in [-0.15, -0.1) is 0 Å². The minimum Gasteiger partial charge on any atom is -0.466 e. The van der Waals surface area contributed by atoms with Gasteiger partial charge in [-0.25, -0.2) is 4.90 Å². The highest BCUT2D eigenvalue weighted by atomic mass is 16.5. The molecule has 0 aromatic heterocycles. The predicted octanol–water partition coefficient (Wildman–Crippen LogP) is 0.485. The molecule has 134 valence electrons. The van der Waals surface area contributed by atoms with E-state index in [9.17, 15) is 14.4 Å². The molecule has 2 heterocycles. The van der Waals surface area contributed by atoms with Crippen LogP contribution in [0.1, 0.15) is 31.7 Å². The lowest BCUT2D eigenvalue weighted by Gasteiger charge is -2.31. The molecule has 0 saturated carbocycles. The van der Waals surface area contributed by atoms with Crippen LogP contribution in [0, 0.1) is 12.8 Å². The quantitative estimate of drug-likeness (QED) is 0.637. The number of rotatable bonds is 4. The number of benzene rings is 1. The lowest BCUT2D eigenvalue weighted by molar-refractivity contribution is -0.922. The van der Waals surface area contributed by atoms with Crippen LogP contribution in [0.15, 0.2) is 24.3 Å². The van der Waals surface area contributed by atoms with Crippen LogP contribution in [-0.4, -0.2) is 43.5 Å². The maximum atomic E-state index is 12.9. The smallest absolute Gasteiger partial charge is 0.314 e. The zero-order chi connectivity index (χ0) is 18.0. The molecule has 6 heteroatoms. The zero-order valence-electron chi connectivity index (χ0n) is 14.8. The van der Waals surface area contributed by atoms with Gasteiger partial charge < -0.3 is 9.64 Å².